The largest absolute Gasteiger partial charge is 0.508 e. The van der Waals surface area contributed by atoms with E-state index in [2.05, 4.69) is 5.32 Å². The molecule has 21 heavy (non-hydrogen) atoms. The smallest absolute Gasteiger partial charge is 0.131 e. The van der Waals surface area contributed by atoms with Crippen molar-refractivity contribution < 1.29 is 14.2 Å². The number of para-hydroxylation sites is 1. The van der Waals surface area contributed by atoms with Crippen LogP contribution < -0.4 is 10.1 Å². The molecule has 2 rings (SSSR count). The lowest BCUT2D eigenvalue weighted by Gasteiger charge is -2.22. The van der Waals surface area contributed by atoms with Crippen LogP contribution in [-0.2, 0) is 0 Å². The summed E-state index contributed by atoms with van der Waals surface area (Å²) in [4.78, 5) is 0. The number of ether oxygens (including phenoxy) is 1. The van der Waals surface area contributed by atoms with E-state index < -0.39 is 5.82 Å². The van der Waals surface area contributed by atoms with E-state index in [1.165, 1.54) is 6.07 Å². The molecular formula is C17H20FNO2. The summed E-state index contributed by atoms with van der Waals surface area (Å²) in [5, 5.41) is 12.6. The minimum absolute atomic E-state index is 0.00403. The lowest BCUT2D eigenvalue weighted by molar-refractivity contribution is 0.395. The monoisotopic (exact) mass is 289 g/mol. The van der Waals surface area contributed by atoms with Crippen LogP contribution in [0.4, 0.5) is 4.39 Å². The Hall–Kier alpha value is -2.07. The molecule has 1 unspecified atom stereocenters. The third-order valence-electron chi connectivity index (χ3n) is 3.56. The van der Waals surface area contributed by atoms with Gasteiger partial charge in [-0.1, -0.05) is 24.3 Å². The molecule has 0 fully saturated rings. The van der Waals surface area contributed by atoms with Crippen LogP contribution in [0.1, 0.15) is 37.1 Å². The highest BCUT2D eigenvalue weighted by atomic mass is 19.1. The average molecular weight is 289 g/mol. The van der Waals surface area contributed by atoms with E-state index in [1.807, 2.05) is 38.1 Å². The minimum atomic E-state index is -0.415. The van der Waals surface area contributed by atoms with Gasteiger partial charge in [0.05, 0.1) is 7.11 Å². The fourth-order valence-electron chi connectivity index (χ4n) is 2.45. The molecular weight excluding hydrogens is 269 g/mol. The first-order chi connectivity index (χ1) is 10.0. The molecule has 0 amide bonds. The summed E-state index contributed by atoms with van der Waals surface area (Å²) in [6.45, 7) is 3.90. The SMILES string of the molecule is COc1ccccc1[C@@H](C)NC(C)c1ccc(O)cc1F. The third-order valence-corrected chi connectivity index (χ3v) is 3.56. The van der Waals surface area contributed by atoms with Crippen molar-refractivity contribution >= 4 is 0 Å². The maximum atomic E-state index is 13.9. The van der Waals surface area contributed by atoms with Crippen molar-refractivity contribution in [3.8, 4) is 11.5 Å². The van der Waals surface area contributed by atoms with E-state index in [9.17, 15) is 9.50 Å². The number of phenolic OH excluding ortho intramolecular Hbond substituents is 1. The van der Waals surface area contributed by atoms with E-state index in [4.69, 9.17) is 4.74 Å². The standard InChI is InChI=1S/C17H20FNO2/c1-11(14-9-8-13(20)10-16(14)18)19-12(2)15-6-4-5-7-17(15)21-3/h4-12,19-20H,1-3H3/t11?,12-/m1/s1. The van der Waals surface area contributed by atoms with Gasteiger partial charge in [0.1, 0.15) is 17.3 Å². The van der Waals surface area contributed by atoms with Gasteiger partial charge in [0.15, 0.2) is 0 Å². The van der Waals surface area contributed by atoms with Crippen LogP contribution in [0.5, 0.6) is 11.5 Å². The first kappa shape index (κ1) is 15.3. The zero-order chi connectivity index (χ0) is 15.4. The Kier molecular flexibility index (Phi) is 4.81. The van der Waals surface area contributed by atoms with Gasteiger partial charge >= 0.3 is 0 Å². The molecule has 2 aromatic carbocycles. The predicted octanol–water partition coefficient (Wildman–Crippen LogP) is 3.95. The van der Waals surface area contributed by atoms with E-state index >= 15 is 0 Å². The zero-order valence-electron chi connectivity index (χ0n) is 12.4. The molecule has 0 aromatic heterocycles. The number of aromatic hydroxyl groups is 1. The van der Waals surface area contributed by atoms with Crippen LogP contribution in [-0.4, -0.2) is 12.2 Å². The molecule has 0 aliphatic rings. The minimum Gasteiger partial charge on any atom is -0.508 e. The lowest BCUT2D eigenvalue weighted by Crippen LogP contribution is -2.23. The highest BCUT2D eigenvalue weighted by Crippen LogP contribution is 2.28. The molecule has 0 saturated heterocycles. The third kappa shape index (κ3) is 3.52. The number of benzene rings is 2. The number of rotatable bonds is 5. The van der Waals surface area contributed by atoms with Crippen LogP contribution in [0, 0.1) is 5.82 Å². The summed E-state index contributed by atoms with van der Waals surface area (Å²) < 4.78 is 19.2. The molecule has 0 heterocycles. The van der Waals surface area contributed by atoms with Gasteiger partial charge in [-0.3, -0.25) is 0 Å². The summed E-state index contributed by atoms with van der Waals surface area (Å²) in [6.07, 6.45) is 0. The molecule has 2 aromatic rings. The van der Waals surface area contributed by atoms with Gasteiger partial charge < -0.3 is 15.2 Å². The second-order valence-electron chi connectivity index (χ2n) is 5.06. The van der Waals surface area contributed by atoms with Crippen LogP contribution in [0.2, 0.25) is 0 Å². The van der Waals surface area contributed by atoms with Gasteiger partial charge in [-0.2, -0.15) is 0 Å². The molecule has 0 radical (unpaired) electrons. The van der Waals surface area contributed by atoms with Crippen LogP contribution in [0.15, 0.2) is 42.5 Å². The van der Waals surface area contributed by atoms with Crippen molar-refractivity contribution in [2.75, 3.05) is 7.11 Å². The normalized spacial score (nSPS) is 13.7. The van der Waals surface area contributed by atoms with E-state index in [-0.39, 0.29) is 17.8 Å². The molecule has 0 bridgehead atoms. The second-order valence-corrected chi connectivity index (χ2v) is 5.06. The van der Waals surface area contributed by atoms with Crippen molar-refractivity contribution in [3.63, 3.8) is 0 Å². The van der Waals surface area contributed by atoms with Crippen molar-refractivity contribution in [1.82, 2.24) is 5.32 Å². The van der Waals surface area contributed by atoms with E-state index in [0.29, 0.717) is 5.56 Å². The fourth-order valence-corrected chi connectivity index (χ4v) is 2.45. The van der Waals surface area contributed by atoms with E-state index in [1.54, 1.807) is 13.2 Å². The van der Waals surface area contributed by atoms with Crippen molar-refractivity contribution in [2.24, 2.45) is 0 Å². The van der Waals surface area contributed by atoms with Gasteiger partial charge in [0, 0.05) is 29.3 Å². The predicted molar refractivity (Wildman–Crippen MR) is 81.0 cm³/mol. The Morgan fingerprint density at radius 1 is 1.05 bits per heavy atom. The Morgan fingerprint density at radius 3 is 2.38 bits per heavy atom. The number of halogens is 1. The summed E-state index contributed by atoms with van der Waals surface area (Å²) in [6, 6.07) is 11.8. The molecule has 4 heteroatoms. The van der Waals surface area contributed by atoms with Crippen LogP contribution in [0.3, 0.4) is 0 Å². The van der Waals surface area contributed by atoms with Crippen molar-refractivity contribution in [3.05, 3.63) is 59.4 Å². The summed E-state index contributed by atoms with van der Waals surface area (Å²) in [5.41, 5.74) is 1.54. The van der Waals surface area contributed by atoms with Gasteiger partial charge in [0.25, 0.3) is 0 Å². The molecule has 2 N–H and O–H groups in total. The maximum absolute atomic E-state index is 13.9. The van der Waals surface area contributed by atoms with Crippen LogP contribution >= 0.6 is 0 Å². The zero-order valence-corrected chi connectivity index (χ0v) is 12.4. The van der Waals surface area contributed by atoms with Gasteiger partial charge in [-0.25, -0.2) is 4.39 Å². The number of methoxy groups -OCH3 is 1. The first-order valence-corrected chi connectivity index (χ1v) is 6.90. The maximum Gasteiger partial charge on any atom is 0.131 e. The quantitative estimate of drug-likeness (QED) is 0.875. The Morgan fingerprint density at radius 2 is 1.71 bits per heavy atom. The van der Waals surface area contributed by atoms with Gasteiger partial charge in [-0.15, -0.1) is 0 Å². The van der Waals surface area contributed by atoms with Crippen molar-refractivity contribution in [1.29, 1.82) is 0 Å². The Bertz CT molecular complexity index is 615. The van der Waals surface area contributed by atoms with Crippen molar-refractivity contribution in [2.45, 2.75) is 25.9 Å². The number of nitrogens with one attached hydrogen (secondary N) is 1. The highest BCUT2D eigenvalue weighted by molar-refractivity contribution is 5.36. The fraction of sp³-hybridized carbons (Fsp3) is 0.294. The number of hydrogen-bond donors (Lipinski definition) is 2. The van der Waals surface area contributed by atoms with Crippen LogP contribution in [0.25, 0.3) is 0 Å². The Balaban J connectivity index is 2.16. The highest BCUT2D eigenvalue weighted by Gasteiger charge is 2.17. The average Bonchev–Trinajstić information content (AvgIpc) is 2.46. The van der Waals surface area contributed by atoms with E-state index in [0.717, 1.165) is 17.4 Å². The topological polar surface area (TPSA) is 41.5 Å². The molecule has 0 aliphatic carbocycles. The molecule has 2 atom stereocenters. The first-order valence-electron chi connectivity index (χ1n) is 6.90. The molecule has 112 valence electrons. The lowest BCUT2D eigenvalue weighted by atomic mass is 10.0. The number of phenols is 1. The van der Waals surface area contributed by atoms with Gasteiger partial charge in [-0.05, 0) is 26.0 Å². The molecule has 0 saturated carbocycles. The molecule has 0 aliphatic heterocycles. The number of hydrogen-bond acceptors (Lipinski definition) is 3. The molecule has 3 nitrogen and oxygen atoms in total. The summed E-state index contributed by atoms with van der Waals surface area (Å²) in [7, 11) is 1.63. The second kappa shape index (κ2) is 6.59. The molecule has 0 spiro atoms. The Labute approximate surface area is 124 Å². The summed E-state index contributed by atoms with van der Waals surface area (Å²) >= 11 is 0. The summed E-state index contributed by atoms with van der Waals surface area (Å²) in [5.74, 6) is 0.319. The van der Waals surface area contributed by atoms with Gasteiger partial charge in [0.2, 0.25) is 0 Å².